The SMILES string of the molecule is Fc1cc(CN2CCC3(CCNC3)C2)cc(C(F)(F)F)c1. The summed E-state index contributed by atoms with van der Waals surface area (Å²) in [5.41, 5.74) is -0.250. The number of rotatable bonds is 2. The predicted molar refractivity (Wildman–Crippen MR) is 71.2 cm³/mol. The number of alkyl halides is 3. The third-order valence-electron chi connectivity index (χ3n) is 4.54. The zero-order chi connectivity index (χ0) is 15.1. The molecule has 1 aromatic carbocycles. The fraction of sp³-hybridized carbons (Fsp3) is 0.600. The van der Waals surface area contributed by atoms with E-state index in [2.05, 4.69) is 10.2 Å². The molecule has 2 aliphatic rings. The highest BCUT2D eigenvalue weighted by Crippen LogP contribution is 2.37. The standard InChI is InChI=1S/C15H18F4N2/c16-13-6-11(5-12(7-13)15(17,18)19)8-21-4-2-14(10-21)1-3-20-9-14/h5-7,20H,1-4,8-10H2. The van der Waals surface area contributed by atoms with Crippen molar-refractivity contribution in [2.75, 3.05) is 26.2 Å². The fourth-order valence-corrected chi connectivity index (χ4v) is 3.47. The van der Waals surface area contributed by atoms with Gasteiger partial charge in [0, 0.05) is 19.6 Å². The molecular formula is C15H18F4N2. The van der Waals surface area contributed by atoms with Crippen molar-refractivity contribution in [3.05, 3.63) is 35.1 Å². The Labute approximate surface area is 121 Å². The van der Waals surface area contributed by atoms with Gasteiger partial charge in [-0.25, -0.2) is 4.39 Å². The number of hydrogen-bond donors (Lipinski definition) is 1. The van der Waals surface area contributed by atoms with E-state index in [-0.39, 0.29) is 5.41 Å². The van der Waals surface area contributed by atoms with Crippen molar-refractivity contribution >= 4 is 0 Å². The molecule has 2 heterocycles. The summed E-state index contributed by atoms with van der Waals surface area (Å²) in [5, 5.41) is 3.34. The lowest BCUT2D eigenvalue weighted by molar-refractivity contribution is -0.137. The van der Waals surface area contributed by atoms with E-state index < -0.39 is 17.6 Å². The van der Waals surface area contributed by atoms with Crippen LogP contribution >= 0.6 is 0 Å². The van der Waals surface area contributed by atoms with Crippen LogP contribution in [0.15, 0.2) is 18.2 Å². The van der Waals surface area contributed by atoms with Crippen molar-refractivity contribution in [1.29, 1.82) is 0 Å². The van der Waals surface area contributed by atoms with Crippen LogP contribution < -0.4 is 5.32 Å². The predicted octanol–water partition coefficient (Wildman–Crippen LogP) is 3.03. The summed E-state index contributed by atoms with van der Waals surface area (Å²) >= 11 is 0. The summed E-state index contributed by atoms with van der Waals surface area (Å²) < 4.78 is 51.5. The van der Waals surface area contributed by atoms with Crippen molar-refractivity contribution < 1.29 is 17.6 Å². The maximum atomic E-state index is 13.4. The minimum Gasteiger partial charge on any atom is -0.316 e. The molecule has 1 atom stereocenters. The van der Waals surface area contributed by atoms with Gasteiger partial charge >= 0.3 is 6.18 Å². The van der Waals surface area contributed by atoms with E-state index >= 15 is 0 Å². The van der Waals surface area contributed by atoms with Gasteiger partial charge in [0.15, 0.2) is 0 Å². The molecule has 2 nitrogen and oxygen atoms in total. The van der Waals surface area contributed by atoms with Crippen molar-refractivity contribution in [2.45, 2.75) is 25.6 Å². The van der Waals surface area contributed by atoms with E-state index in [1.165, 1.54) is 6.07 Å². The van der Waals surface area contributed by atoms with E-state index in [9.17, 15) is 17.6 Å². The Morgan fingerprint density at radius 3 is 2.67 bits per heavy atom. The minimum absolute atomic E-state index is 0.264. The molecule has 1 aromatic rings. The van der Waals surface area contributed by atoms with Gasteiger partial charge in [-0.15, -0.1) is 0 Å². The van der Waals surface area contributed by atoms with E-state index in [0.717, 1.165) is 45.1 Å². The van der Waals surface area contributed by atoms with Crippen LogP contribution in [0, 0.1) is 11.2 Å². The Balaban J connectivity index is 1.72. The van der Waals surface area contributed by atoms with Crippen molar-refractivity contribution in [2.24, 2.45) is 5.41 Å². The van der Waals surface area contributed by atoms with Crippen LogP contribution in [0.3, 0.4) is 0 Å². The van der Waals surface area contributed by atoms with Crippen LogP contribution in [-0.2, 0) is 12.7 Å². The maximum Gasteiger partial charge on any atom is 0.416 e. The van der Waals surface area contributed by atoms with Gasteiger partial charge in [-0.3, -0.25) is 4.90 Å². The first-order valence-electron chi connectivity index (χ1n) is 7.16. The monoisotopic (exact) mass is 302 g/mol. The first-order chi connectivity index (χ1) is 9.86. The zero-order valence-corrected chi connectivity index (χ0v) is 11.6. The van der Waals surface area contributed by atoms with Gasteiger partial charge in [-0.2, -0.15) is 13.2 Å². The molecule has 0 saturated carbocycles. The molecule has 21 heavy (non-hydrogen) atoms. The molecule has 2 fully saturated rings. The third-order valence-corrected chi connectivity index (χ3v) is 4.54. The van der Waals surface area contributed by atoms with E-state index in [0.29, 0.717) is 18.2 Å². The second-order valence-corrected chi connectivity index (χ2v) is 6.23. The summed E-state index contributed by atoms with van der Waals surface area (Å²) in [4.78, 5) is 2.13. The average molecular weight is 302 g/mol. The van der Waals surface area contributed by atoms with E-state index in [1.54, 1.807) is 0 Å². The molecule has 0 amide bonds. The van der Waals surface area contributed by atoms with E-state index in [4.69, 9.17) is 0 Å². The second-order valence-electron chi connectivity index (χ2n) is 6.23. The molecule has 6 heteroatoms. The molecule has 1 unspecified atom stereocenters. The van der Waals surface area contributed by atoms with Crippen molar-refractivity contribution in [3.8, 4) is 0 Å². The number of nitrogens with one attached hydrogen (secondary N) is 1. The number of halogens is 4. The summed E-state index contributed by atoms with van der Waals surface area (Å²) in [6.45, 7) is 4.09. The zero-order valence-electron chi connectivity index (χ0n) is 11.6. The highest BCUT2D eigenvalue weighted by atomic mass is 19.4. The summed E-state index contributed by atoms with van der Waals surface area (Å²) in [6.07, 6.45) is -2.33. The Morgan fingerprint density at radius 2 is 2.00 bits per heavy atom. The number of benzene rings is 1. The van der Waals surface area contributed by atoms with Gasteiger partial charge in [-0.1, -0.05) is 0 Å². The number of likely N-dealkylation sites (tertiary alicyclic amines) is 1. The van der Waals surface area contributed by atoms with Gasteiger partial charge in [0.1, 0.15) is 5.82 Å². The number of hydrogen-bond acceptors (Lipinski definition) is 2. The molecular weight excluding hydrogens is 284 g/mol. The largest absolute Gasteiger partial charge is 0.416 e. The smallest absolute Gasteiger partial charge is 0.316 e. The van der Waals surface area contributed by atoms with Crippen LogP contribution in [-0.4, -0.2) is 31.1 Å². The van der Waals surface area contributed by atoms with Crippen molar-refractivity contribution in [1.82, 2.24) is 10.2 Å². The van der Waals surface area contributed by atoms with Gasteiger partial charge in [0.25, 0.3) is 0 Å². The third kappa shape index (κ3) is 3.21. The topological polar surface area (TPSA) is 15.3 Å². The first-order valence-corrected chi connectivity index (χ1v) is 7.16. The quantitative estimate of drug-likeness (QED) is 0.845. The van der Waals surface area contributed by atoms with Crippen LogP contribution in [0.1, 0.15) is 24.0 Å². The van der Waals surface area contributed by atoms with Crippen LogP contribution in [0.25, 0.3) is 0 Å². The molecule has 3 rings (SSSR count). The van der Waals surface area contributed by atoms with Crippen LogP contribution in [0.5, 0.6) is 0 Å². The van der Waals surface area contributed by atoms with Gasteiger partial charge in [-0.05, 0) is 55.1 Å². The van der Waals surface area contributed by atoms with Gasteiger partial charge < -0.3 is 5.32 Å². The Bertz CT molecular complexity index is 521. The molecule has 0 radical (unpaired) electrons. The molecule has 1 spiro atoms. The Morgan fingerprint density at radius 1 is 1.19 bits per heavy atom. The molecule has 0 aliphatic carbocycles. The Hall–Kier alpha value is -1.14. The highest BCUT2D eigenvalue weighted by Gasteiger charge is 2.40. The molecule has 2 saturated heterocycles. The summed E-state index contributed by atoms with van der Waals surface area (Å²) in [6, 6.07) is 2.81. The average Bonchev–Trinajstić information content (AvgIpc) is 2.99. The summed E-state index contributed by atoms with van der Waals surface area (Å²) in [7, 11) is 0. The summed E-state index contributed by atoms with van der Waals surface area (Å²) in [5.74, 6) is -0.823. The fourth-order valence-electron chi connectivity index (χ4n) is 3.47. The lowest BCUT2D eigenvalue weighted by Crippen LogP contribution is -2.29. The second kappa shape index (κ2) is 5.25. The minimum atomic E-state index is -4.50. The Kier molecular flexibility index (Phi) is 3.69. The molecule has 1 N–H and O–H groups in total. The number of nitrogens with zero attached hydrogens (tertiary/aromatic N) is 1. The molecule has 0 bridgehead atoms. The highest BCUT2D eigenvalue weighted by molar-refractivity contribution is 5.27. The molecule has 116 valence electrons. The normalized spacial score (nSPS) is 26.9. The maximum absolute atomic E-state index is 13.4. The molecule has 2 aliphatic heterocycles. The molecule has 0 aromatic heterocycles. The first kappa shape index (κ1) is 14.8. The van der Waals surface area contributed by atoms with Crippen LogP contribution in [0.2, 0.25) is 0 Å². The lowest BCUT2D eigenvalue weighted by atomic mass is 9.86. The van der Waals surface area contributed by atoms with Crippen molar-refractivity contribution in [3.63, 3.8) is 0 Å². The lowest BCUT2D eigenvalue weighted by Gasteiger charge is -2.23. The van der Waals surface area contributed by atoms with Gasteiger partial charge in [0.2, 0.25) is 0 Å². The van der Waals surface area contributed by atoms with Gasteiger partial charge in [0.05, 0.1) is 5.56 Å². The van der Waals surface area contributed by atoms with Crippen LogP contribution in [0.4, 0.5) is 17.6 Å². The van der Waals surface area contributed by atoms with E-state index in [1.807, 2.05) is 0 Å².